The third-order valence-electron chi connectivity index (χ3n) is 5.40. The molecule has 0 aromatic heterocycles. The van der Waals surface area contributed by atoms with Gasteiger partial charge >= 0.3 is 0 Å². The highest BCUT2D eigenvalue weighted by molar-refractivity contribution is 4.81. The molecule has 0 fully saturated rings. The van der Waals surface area contributed by atoms with Crippen molar-refractivity contribution in [3.8, 4) is 0 Å². The second-order valence-electron chi connectivity index (χ2n) is 8.86. The lowest BCUT2D eigenvalue weighted by Crippen LogP contribution is -2.06. The van der Waals surface area contributed by atoms with Crippen LogP contribution >= 0.6 is 0 Å². The second kappa shape index (κ2) is 35.9. The van der Waals surface area contributed by atoms with Crippen LogP contribution in [0.5, 0.6) is 0 Å². The van der Waals surface area contributed by atoms with Crippen molar-refractivity contribution in [3.05, 3.63) is 24.3 Å². The lowest BCUT2D eigenvalue weighted by atomic mass is 10.1. The van der Waals surface area contributed by atoms with Crippen molar-refractivity contribution in [2.45, 2.75) is 143 Å². The summed E-state index contributed by atoms with van der Waals surface area (Å²) in [4.78, 5) is 0. The van der Waals surface area contributed by atoms with Crippen molar-refractivity contribution < 1.29 is 14.2 Å². The Morgan fingerprint density at radius 2 is 0.818 bits per heavy atom. The van der Waals surface area contributed by atoms with Crippen LogP contribution in [0.15, 0.2) is 24.3 Å². The Balaban J connectivity index is 0. The number of hydrogen-bond acceptors (Lipinski definition) is 3. The molecule has 0 saturated carbocycles. The highest BCUT2D eigenvalue weighted by Gasteiger charge is 1.91. The smallest absolute Gasteiger partial charge is 0.149 e. The highest BCUT2D eigenvalue weighted by Crippen LogP contribution is 2.09. The first kappa shape index (κ1) is 34.5. The van der Waals surface area contributed by atoms with E-state index in [9.17, 15) is 0 Å². The van der Waals surface area contributed by atoms with Gasteiger partial charge in [0, 0.05) is 13.2 Å². The summed E-state index contributed by atoms with van der Waals surface area (Å²) in [6, 6.07) is 0. The zero-order valence-corrected chi connectivity index (χ0v) is 23.1. The van der Waals surface area contributed by atoms with Crippen LogP contribution in [0, 0.1) is 0 Å². The van der Waals surface area contributed by atoms with E-state index in [1.165, 1.54) is 103 Å². The molecule has 0 saturated heterocycles. The summed E-state index contributed by atoms with van der Waals surface area (Å²) in [7, 11) is 0. The third-order valence-corrected chi connectivity index (χ3v) is 5.40. The third kappa shape index (κ3) is 38.9. The van der Waals surface area contributed by atoms with Crippen LogP contribution in [0.1, 0.15) is 143 Å². The Bertz CT molecular complexity index is 354. The summed E-state index contributed by atoms with van der Waals surface area (Å²) in [6.07, 6.45) is 32.7. The summed E-state index contributed by atoms with van der Waals surface area (Å²) in [6.45, 7) is 11.1. The van der Waals surface area contributed by atoms with E-state index in [1.807, 2.05) is 0 Å². The Labute approximate surface area is 208 Å². The minimum absolute atomic E-state index is 0.359. The van der Waals surface area contributed by atoms with Gasteiger partial charge < -0.3 is 14.2 Å². The molecule has 0 bridgehead atoms. The predicted octanol–water partition coefficient (Wildman–Crippen LogP) is 10.2. The SMILES string of the molecule is CC/C=C/CCCCCCCC/C=C\CCCC.CCCCCOCOCOCCCCC. The lowest BCUT2D eigenvalue weighted by Gasteiger charge is -2.06. The number of hydrogen-bond donors (Lipinski definition) is 0. The van der Waals surface area contributed by atoms with Crippen LogP contribution in [-0.2, 0) is 14.2 Å². The Hall–Kier alpha value is -0.640. The molecule has 0 rings (SSSR count). The molecule has 198 valence electrons. The molecule has 0 spiro atoms. The van der Waals surface area contributed by atoms with Crippen LogP contribution in [0.2, 0.25) is 0 Å². The average Bonchev–Trinajstić information content (AvgIpc) is 2.83. The Morgan fingerprint density at radius 3 is 1.27 bits per heavy atom. The number of unbranched alkanes of at least 4 members (excludes halogenated alkanes) is 13. The Morgan fingerprint density at radius 1 is 0.394 bits per heavy atom. The average molecular weight is 469 g/mol. The van der Waals surface area contributed by atoms with Crippen molar-refractivity contribution in [2.75, 3.05) is 26.8 Å². The van der Waals surface area contributed by atoms with Gasteiger partial charge in [0.2, 0.25) is 0 Å². The zero-order valence-electron chi connectivity index (χ0n) is 23.1. The monoisotopic (exact) mass is 468 g/mol. The van der Waals surface area contributed by atoms with E-state index in [2.05, 4.69) is 52.0 Å². The summed E-state index contributed by atoms with van der Waals surface area (Å²) < 4.78 is 15.7. The van der Waals surface area contributed by atoms with Gasteiger partial charge in [0.1, 0.15) is 13.6 Å². The van der Waals surface area contributed by atoms with Crippen LogP contribution in [-0.4, -0.2) is 26.8 Å². The molecule has 0 aromatic carbocycles. The maximum Gasteiger partial charge on any atom is 0.149 e. The standard InChI is InChI=1S/C18H34.C12H26O3/c1-3-5-7-9-11-13-15-17-18-16-14-12-10-8-6-4-2;1-3-5-7-9-13-11-15-12-14-10-8-6-4-2/h5,7,10,12H,3-4,6,8-9,11,13-18H2,1-2H3;3-12H2,1-2H3/b7-5+,12-10-;. The molecule has 33 heavy (non-hydrogen) atoms. The maximum absolute atomic E-state index is 5.26. The van der Waals surface area contributed by atoms with Crippen LogP contribution in [0.4, 0.5) is 0 Å². The molecule has 0 aliphatic carbocycles. The molecule has 0 aliphatic rings. The largest absolute Gasteiger partial charge is 0.355 e. The summed E-state index contributed by atoms with van der Waals surface area (Å²) in [5.74, 6) is 0. The minimum Gasteiger partial charge on any atom is -0.355 e. The van der Waals surface area contributed by atoms with Gasteiger partial charge in [-0.3, -0.25) is 0 Å². The second-order valence-corrected chi connectivity index (χ2v) is 8.86. The number of ether oxygens (including phenoxy) is 3. The lowest BCUT2D eigenvalue weighted by molar-refractivity contribution is -0.131. The molecule has 0 amide bonds. The fourth-order valence-corrected chi connectivity index (χ4v) is 3.25. The first-order valence-electron chi connectivity index (χ1n) is 14.4. The molecular formula is C30H60O3. The van der Waals surface area contributed by atoms with E-state index >= 15 is 0 Å². The molecule has 0 heterocycles. The summed E-state index contributed by atoms with van der Waals surface area (Å²) in [5, 5.41) is 0. The van der Waals surface area contributed by atoms with Crippen LogP contribution in [0.25, 0.3) is 0 Å². The Kier molecular flexibility index (Phi) is 37.6. The van der Waals surface area contributed by atoms with Gasteiger partial charge in [-0.05, 0) is 51.4 Å². The molecule has 0 atom stereocenters. The van der Waals surface area contributed by atoms with Gasteiger partial charge in [-0.15, -0.1) is 0 Å². The first-order valence-corrected chi connectivity index (χ1v) is 14.4. The maximum atomic E-state index is 5.26. The fourth-order valence-electron chi connectivity index (χ4n) is 3.25. The molecule has 3 heteroatoms. The van der Waals surface area contributed by atoms with Gasteiger partial charge in [0.25, 0.3) is 0 Å². The van der Waals surface area contributed by atoms with Gasteiger partial charge in [0.05, 0.1) is 0 Å². The van der Waals surface area contributed by atoms with E-state index < -0.39 is 0 Å². The van der Waals surface area contributed by atoms with E-state index in [0.29, 0.717) is 13.6 Å². The van der Waals surface area contributed by atoms with E-state index in [4.69, 9.17) is 14.2 Å². The van der Waals surface area contributed by atoms with Crippen molar-refractivity contribution in [2.24, 2.45) is 0 Å². The van der Waals surface area contributed by atoms with Crippen LogP contribution < -0.4 is 0 Å². The highest BCUT2D eigenvalue weighted by atomic mass is 16.7. The van der Waals surface area contributed by atoms with E-state index in [0.717, 1.165) is 26.1 Å². The molecule has 0 radical (unpaired) electrons. The van der Waals surface area contributed by atoms with E-state index in [-0.39, 0.29) is 0 Å². The number of allylic oxidation sites excluding steroid dienone is 4. The summed E-state index contributed by atoms with van der Waals surface area (Å²) >= 11 is 0. The molecule has 0 unspecified atom stereocenters. The number of rotatable bonds is 25. The summed E-state index contributed by atoms with van der Waals surface area (Å²) in [5.41, 5.74) is 0. The van der Waals surface area contributed by atoms with Crippen LogP contribution in [0.3, 0.4) is 0 Å². The molecule has 0 aromatic rings. The minimum atomic E-state index is 0.359. The topological polar surface area (TPSA) is 27.7 Å². The molecular weight excluding hydrogens is 408 g/mol. The van der Waals surface area contributed by atoms with Gasteiger partial charge in [0.15, 0.2) is 0 Å². The first-order chi connectivity index (χ1) is 16.3. The fraction of sp³-hybridized carbons (Fsp3) is 0.867. The van der Waals surface area contributed by atoms with Crippen molar-refractivity contribution in [1.82, 2.24) is 0 Å². The zero-order chi connectivity index (χ0) is 24.5. The van der Waals surface area contributed by atoms with Crippen molar-refractivity contribution >= 4 is 0 Å². The van der Waals surface area contributed by atoms with Gasteiger partial charge in [-0.25, -0.2) is 0 Å². The quantitative estimate of drug-likeness (QED) is 0.0757. The molecule has 0 aliphatic heterocycles. The van der Waals surface area contributed by atoms with Gasteiger partial charge in [-0.2, -0.15) is 0 Å². The van der Waals surface area contributed by atoms with Crippen molar-refractivity contribution in [1.29, 1.82) is 0 Å². The molecule has 0 N–H and O–H groups in total. The van der Waals surface area contributed by atoms with Crippen molar-refractivity contribution in [3.63, 3.8) is 0 Å². The molecule has 3 nitrogen and oxygen atoms in total. The normalized spacial score (nSPS) is 11.4. The van der Waals surface area contributed by atoms with E-state index in [1.54, 1.807) is 0 Å². The van der Waals surface area contributed by atoms with Gasteiger partial charge in [-0.1, -0.05) is 116 Å². The predicted molar refractivity (Wildman–Crippen MR) is 147 cm³/mol.